The molecule has 2 rings (SSSR count). The van der Waals surface area contributed by atoms with Gasteiger partial charge in [0.25, 0.3) is 11.4 Å². The minimum absolute atomic E-state index is 0.289. The highest BCUT2D eigenvalue weighted by atomic mass is 32.2. The van der Waals surface area contributed by atoms with Gasteiger partial charge in [0.05, 0.1) is 26.3 Å². The molecule has 0 aliphatic rings. The van der Waals surface area contributed by atoms with E-state index in [9.17, 15) is 37.1 Å². The van der Waals surface area contributed by atoms with Crippen LogP contribution in [0.15, 0.2) is 58.3 Å². The van der Waals surface area contributed by atoms with Gasteiger partial charge in [-0.2, -0.15) is 9.44 Å². The van der Waals surface area contributed by atoms with Gasteiger partial charge in [-0.15, -0.1) is 0 Å². The zero-order valence-electron chi connectivity index (χ0n) is 13.3. The lowest BCUT2D eigenvalue weighted by molar-refractivity contribution is -0.385. The first-order valence-electron chi connectivity index (χ1n) is 7.01. The molecule has 0 aliphatic heterocycles. The molecule has 0 unspecified atom stereocenters. The van der Waals surface area contributed by atoms with Crippen molar-refractivity contribution in [1.29, 1.82) is 0 Å². The van der Waals surface area contributed by atoms with Crippen LogP contribution < -0.4 is 9.44 Å². The Morgan fingerprint density at radius 2 is 0.963 bits per heavy atom. The first kappa shape index (κ1) is 20.4. The molecule has 0 saturated carbocycles. The van der Waals surface area contributed by atoms with Crippen molar-refractivity contribution in [2.75, 3.05) is 6.67 Å². The van der Waals surface area contributed by atoms with Crippen LogP contribution in [0.1, 0.15) is 0 Å². The highest BCUT2D eigenvalue weighted by Crippen LogP contribution is 2.16. The SMILES string of the molecule is O=[N+]([O-])c1ccc(S(=O)(=O)NCNS(=O)(=O)c2ccc([N+](=O)[O-])cc2)cc1. The molecular formula is C13H12N4O8S2. The maximum Gasteiger partial charge on any atom is 0.269 e. The minimum Gasteiger partial charge on any atom is -0.258 e. The van der Waals surface area contributed by atoms with Crippen molar-refractivity contribution in [1.82, 2.24) is 9.44 Å². The number of sulfonamides is 2. The van der Waals surface area contributed by atoms with E-state index in [1.807, 2.05) is 9.44 Å². The van der Waals surface area contributed by atoms with Crippen LogP contribution in [0.4, 0.5) is 11.4 Å². The lowest BCUT2D eigenvalue weighted by Crippen LogP contribution is -2.37. The summed E-state index contributed by atoms with van der Waals surface area (Å²) in [7, 11) is -8.23. The Morgan fingerprint density at radius 1 is 0.667 bits per heavy atom. The maximum atomic E-state index is 12.1. The number of benzene rings is 2. The molecule has 2 N–H and O–H groups in total. The summed E-state index contributed by atoms with van der Waals surface area (Å²) >= 11 is 0. The topological polar surface area (TPSA) is 179 Å². The highest BCUT2D eigenvalue weighted by molar-refractivity contribution is 7.90. The second kappa shape index (κ2) is 7.75. The van der Waals surface area contributed by atoms with Gasteiger partial charge in [0, 0.05) is 24.3 Å². The van der Waals surface area contributed by atoms with Crippen LogP contribution in [0.25, 0.3) is 0 Å². The number of rotatable bonds is 8. The number of nitrogens with zero attached hydrogens (tertiary/aromatic N) is 2. The van der Waals surface area contributed by atoms with E-state index >= 15 is 0 Å². The molecule has 27 heavy (non-hydrogen) atoms. The zero-order chi connectivity index (χ0) is 20.2. The van der Waals surface area contributed by atoms with E-state index in [1.54, 1.807) is 0 Å². The maximum absolute atomic E-state index is 12.1. The summed E-state index contributed by atoms with van der Waals surface area (Å²) in [6, 6.07) is 8.00. The van der Waals surface area contributed by atoms with Gasteiger partial charge in [-0.25, -0.2) is 16.8 Å². The van der Waals surface area contributed by atoms with E-state index in [0.717, 1.165) is 48.5 Å². The summed E-state index contributed by atoms with van der Waals surface area (Å²) in [6.07, 6.45) is 0. The van der Waals surface area contributed by atoms with E-state index < -0.39 is 36.6 Å². The van der Waals surface area contributed by atoms with E-state index in [0.29, 0.717) is 0 Å². The third kappa shape index (κ3) is 5.04. The molecule has 0 aliphatic carbocycles. The Balaban J connectivity index is 2.05. The summed E-state index contributed by atoms with van der Waals surface area (Å²) in [5.74, 6) is 0. The van der Waals surface area contributed by atoms with Crippen LogP contribution >= 0.6 is 0 Å². The highest BCUT2D eigenvalue weighted by Gasteiger charge is 2.19. The molecule has 0 saturated heterocycles. The molecule has 0 atom stereocenters. The van der Waals surface area contributed by atoms with Crippen LogP contribution in [0.2, 0.25) is 0 Å². The van der Waals surface area contributed by atoms with Crippen LogP contribution in [0.5, 0.6) is 0 Å². The Labute approximate surface area is 153 Å². The van der Waals surface area contributed by atoms with E-state index in [1.165, 1.54) is 0 Å². The normalized spacial score (nSPS) is 11.9. The van der Waals surface area contributed by atoms with Crippen molar-refractivity contribution in [2.45, 2.75) is 9.79 Å². The lowest BCUT2D eigenvalue weighted by atomic mass is 10.3. The van der Waals surface area contributed by atoms with E-state index in [-0.39, 0.29) is 21.2 Å². The first-order valence-corrected chi connectivity index (χ1v) is 9.98. The summed E-state index contributed by atoms with van der Waals surface area (Å²) in [5, 5.41) is 21.1. The second-order valence-corrected chi connectivity index (χ2v) is 8.51. The molecule has 0 fully saturated rings. The van der Waals surface area contributed by atoms with Crippen LogP contribution in [0, 0.1) is 20.2 Å². The number of nitrogens with one attached hydrogen (secondary N) is 2. The summed E-state index contributed by atoms with van der Waals surface area (Å²) in [5.41, 5.74) is -0.597. The van der Waals surface area contributed by atoms with Crippen molar-refractivity contribution in [2.24, 2.45) is 0 Å². The number of nitro groups is 2. The van der Waals surface area contributed by atoms with Gasteiger partial charge >= 0.3 is 0 Å². The molecule has 0 radical (unpaired) electrons. The molecule has 0 amide bonds. The fourth-order valence-corrected chi connectivity index (χ4v) is 3.82. The quantitative estimate of drug-likeness (QED) is 0.359. The molecule has 0 aromatic heterocycles. The van der Waals surface area contributed by atoms with Crippen molar-refractivity contribution in [3.63, 3.8) is 0 Å². The Morgan fingerprint density at radius 3 is 1.22 bits per heavy atom. The second-order valence-electron chi connectivity index (χ2n) is 4.97. The first-order chi connectivity index (χ1) is 12.5. The fraction of sp³-hybridized carbons (Fsp3) is 0.0769. The molecule has 12 nitrogen and oxygen atoms in total. The summed E-state index contributed by atoms with van der Waals surface area (Å²) in [6.45, 7) is -0.696. The van der Waals surface area contributed by atoms with Gasteiger partial charge < -0.3 is 0 Å². The van der Waals surface area contributed by atoms with Gasteiger partial charge in [-0.3, -0.25) is 20.2 Å². The van der Waals surface area contributed by atoms with Crippen molar-refractivity contribution in [3.05, 3.63) is 68.8 Å². The number of hydrogen-bond acceptors (Lipinski definition) is 8. The van der Waals surface area contributed by atoms with E-state index in [2.05, 4.69) is 0 Å². The number of nitro benzene ring substituents is 2. The molecule has 2 aromatic rings. The van der Waals surface area contributed by atoms with Crippen LogP contribution in [-0.2, 0) is 20.0 Å². The third-order valence-electron chi connectivity index (χ3n) is 3.24. The zero-order valence-corrected chi connectivity index (χ0v) is 14.9. The predicted molar refractivity (Wildman–Crippen MR) is 91.7 cm³/mol. The van der Waals surface area contributed by atoms with Gasteiger partial charge in [0.2, 0.25) is 20.0 Å². The molecule has 0 spiro atoms. The molecule has 0 bridgehead atoms. The molecule has 144 valence electrons. The van der Waals surface area contributed by atoms with Gasteiger partial charge in [0.15, 0.2) is 0 Å². The van der Waals surface area contributed by atoms with Crippen molar-refractivity contribution >= 4 is 31.4 Å². The molecule has 2 aromatic carbocycles. The Hall–Kier alpha value is -2.94. The smallest absolute Gasteiger partial charge is 0.258 e. The van der Waals surface area contributed by atoms with E-state index in [4.69, 9.17) is 0 Å². The molecular weight excluding hydrogens is 404 g/mol. The number of hydrogen-bond donors (Lipinski definition) is 2. The monoisotopic (exact) mass is 416 g/mol. The van der Waals surface area contributed by atoms with Crippen LogP contribution in [-0.4, -0.2) is 33.4 Å². The standard InChI is InChI=1S/C13H12N4O8S2/c18-16(19)10-1-5-12(6-2-10)26(22,23)14-9-15-27(24,25)13-7-3-11(4-8-13)17(20)21/h1-8,14-15H,9H2. The Kier molecular flexibility index (Phi) is 5.85. The predicted octanol–water partition coefficient (Wildman–Crippen LogP) is 0.717. The third-order valence-corrected chi connectivity index (χ3v) is 6.07. The average molecular weight is 416 g/mol. The van der Waals surface area contributed by atoms with Crippen molar-refractivity contribution < 1.29 is 26.7 Å². The molecule has 14 heteroatoms. The minimum atomic E-state index is -4.11. The Bertz CT molecular complexity index is 977. The summed E-state index contributed by atoms with van der Waals surface area (Å²) in [4.78, 5) is 19.2. The average Bonchev–Trinajstić information content (AvgIpc) is 2.61. The molecule has 0 heterocycles. The largest absolute Gasteiger partial charge is 0.269 e. The van der Waals surface area contributed by atoms with Crippen molar-refractivity contribution in [3.8, 4) is 0 Å². The fourth-order valence-electron chi connectivity index (χ4n) is 1.88. The summed E-state index contributed by atoms with van der Waals surface area (Å²) < 4.78 is 52.2. The number of non-ortho nitro benzene ring substituents is 2. The lowest BCUT2D eigenvalue weighted by Gasteiger charge is -2.09. The van der Waals surface area contributed by atoms with Crippen LogP contribution in [0.3, 0.4) is 0 Å². The van der Waals surface area contributed by atoms with Gasteiger partial charge in [-0.1, -0.05) is 0 Å². The van der Waals surface area contributed by atoms with Gasteiger partial charge in [-0.05, 0) is 24.3 Å². The van der Waals surface area contributed by atoms with Gasteiger partial charge in [0.1, 0.15) is 0 Å².